The first kappa shape index (κ1) is 20.0. The van der Waals surface area contributed by atoms with Crippen LogP contribution in [0.4, 0.5) is 11.5 Å². The van der Waals surface area contributed by atoms with E-state index in [0.29, 0.717) is 36.2 Å². The van der Waals surface area contributed by atoms with Crippen molar-refractivity contribution in [3.63, 3.8) is 0 Å². The van der Waals surface area contributed by atoms with Crippen LogP contribution in [0.25, 0.3) is 0 Å². The number of benzene rings is 1. The van der Waals surface area contributed by atoms with E-state index in [1.54, 1.807) is 26.2 Å². The summed E-state index contributed by atoms with van der Waals surface area (Å²) in [6.07, 6.45) is 0. The molecule has 0 fully saturated rings. The zero-order valence-corrected chi connectivity index (χ0v) is 15.7. The third-order valence-corrected chi connectivity index (χ3v) is 4.14. The van der Waals surface area contributed by atoms with E-state index in [1.807, 2.05) is 12.1 Å². The Labute approximate surface area is 156 Å². The van der Waals surface area contributed by atoms with Gasteiger partial charge in [0.05, 0.1) is 19.8 Å². The van der Waals surface area contributed by atoms with Crippen LogP contribution in [-0.4, -0.2) is 35.9 Å². The lowest BCUT2D eigenvalue weighted by Crippen LogP contribution is -2.42. The molecule has 0 spiro atoms. The average Bonchev–Trinajstić information content (AvgIpc) is 2.64. The molecule has 4 N–H and O–H groups in total. The zero-order valence-electron chi connectivity index (χ0n) is 14.9. The molecule has 8 nitrogen and oxygen atoms in total. The first-order chi connectivity index (χ1) is 12.5. The fourth-order valence-electron chi connectivity index (χ4n) is 2.55. The number of hydrogen-bond acceptors (Lipinski definition) is 6. The van der Waals surface area contributed by atoms with Crippen LogP contribution in [-0.2, 0) is 24.9 Å². The monoisotopic (exact) mass is 381 g/mol. The molecule has 1 aromatic carbocycles. The predicted octanol–water partition coefficient (Wildman–Crippen LogP) is 0.829. The molecule has 0 aliphatic heterocycles. The van der Waals surface area contributed by atoms with E-state index < -0.39 is 11.2 Å². The highest BCUT2D eigenvalue weighted by Crippen LogP contribution is 2.16. The maximum atomic E-state index is 12.8. The highest BCUT2D eigenvalue weighted by molar-refractivity contribution is 6.30. The number of anilines is 2. The minimum Gasteiger partial charge on any atom is -0.378 e. The van der Waals surface area contributed by atoms with Crippen molar-refractivity contribution in [3.8, 4) is 0 Å². The van der Waals surface area contributed by atoms with E-state index >= 15 is 0 Å². The summed E-state index contributed by atoms with van der Waals surface area (Å²) in [6.45, 7) is 1.58. The Morgan fingerprint density at radius 2 is 1.88 bits per heavy atom. The van der Waals surface area contributed by atoms with Crippen LogP contribution >= 0.6 is 11.6 Å². The summed E-state index contributed by atoms with van der Waals surface area (Å²) >= 11 is 5.89. The lowest BCUT2D eigenvalue weighted by Gasteiger charge is -2.17. The van der Waals surface area contributed by atoms with Crippen LogP contribution in [0.15, 0.2) is 33.9 Å². The van der Waals surface area contributed by atoms with Gasteiger partial charge in [-0.2, -0.15) is 0 Å². The van der Waals surface area contributed by atoms with Crippen molar-refractivity contribution in [2.45, 2.75) is 13.1 Å². The Bertz CT molecular complexity index is 845. The minimum absolute atomic E-state index is 0.158. The summed E-state index contributed by atoms with van der Waals surface area (Å²) in [5, 5.41) is 6.68. The van der Waals surface area contributed by atoms with Crippen LogP contribution < -0.4 is 27.6 Å². The highest BCUT2D eigenvalue weighted by atomic mass is 35.5. The number of nitrogens with zero attached hydrogens (tertiary/aromatic N) is 2. The summed E-state index contributed by atoms with van der Waals surface area (Å²) < 4.78 is 7.84. The summed E-state index contributed by atoms with van der Waals surface area (Å²) in [6, 6.07) is 7.31. The smallest absolute Gasteiger partial charge is 0.332 e. The second kappa shape index (κ2) is 9.42. The lowest BCUT2D eigenvalue weighted by molar-refractivity contribution is 0.131. The number of nitrogens with two attached hydrogens (primary N) is 1. The molecule has 0 unspecified atom stereocenters. The van der Waals surface area contributed by atoms with Crippen molar-refractivity contribution in [2.24, 2.45) is 12.8 Å². The van der Waals surface area contributed by atoms with Gasteiger partial charge < -0.3 is 21.1 Å². The van der Waals surface area contributed by atoms with Crippen LogP contribution in [0.5, 0.6) is 0 Å². The number of rotatable bonds is 9. The SMILES string of the molecule is CNc1c(NCc2ccc(Cl)cc2)c(=O)n(CCOCCN)c(=O)n1C. The van der Waals surface area contributed by atoms with Crippen molar-refractivity contribution in [3.05, 3.63) is 55.7 Å². The average molecular weight is 382 g/mol. The summed E-state index contributed by atoms with van der Waals surface area (Å²) in [5.74, 6) is 0.424. The van der Waals surface area contributed by atoms with E-state index in [-0.39, 0.29) is 13.2 Å². The van der Waals surface area contributed by atoms with E-state index in [0.717, 1.165) is 10.1 Å². The maximum Gasteiger partial charge on any atom is 0.332 e. The van der Waals surface area contributed by atoms with Crippen molar-refractivity contribution < 1.29 is 4.74 Å². The molecule has 26 heavy (non-hydrogen) atoms. The van der Waals surface area contributed by atoms with Gasteiger partial charge in [-0.25, -0.2) is 4.79 Å². The molecule has 0 aliphatic rings. The summed E-state index contributed by atoms with van der Waals surface area (Å²) in [7, 11) is 3.27. The molecular weight excluding hydrogens is 358 g/mol. The van der Waals surface area contributed by atoms with Crippen molar-refractivity contribution in [2.75, 3.05) is 37.4 Å². The molecule has 0 saturated heterocycles. The van der Waals surface area contributed by atoms with E-state index in [1.165, 1.54) is 4.57 Å². The molecule has 0 bridgehead atoms. The molecule has 1 heterocycles. The van der Waals surface area contributed by atoms with Gasteiger partial charge in [0.1, 0.15) is 11.5 Å². The van der Waals surface area contributed by atoms with Gasteiger partial charge in [0, 0.05) is 32.2 Å². The third-order valence-electron chi connectivity index (χ3n) is 3.89. The molecule has 2 rings (SSSR count). The van der Waals surface area contributed by atoms with Gasteiger partial charge in [-0.1, -0.05) is 23.7 Å². The molecule has 0 saturated carbocycles. The van der Waals surface area contributed by atoms with Gasteiger partial charge in [0.25, 0.3) is 5.56 Å². The topological polar surface area (TPSA) is 103 Å². The Morgan fingerprint density at radius 3 is 2.50 bits per heavy atom. The van der Waals surface area contributed by atoms with Gasteiger partial charge in [0.2, 0.25) is 0 Å². The lowest BCUT2D eigenvalue weighted by atomic mass is 10.2. The molecule has 1 aromatic heterocycles. The fourth-order valence-corrected chi connectivity index (χ4v) is 2.68. The highest BCUT2D eigenvalue weighted by Gasteiger charge is 2.16. The van der Waals surface area contributed by atoms with E-state index in [4.69, 9.17) is 22.1 Å². The third kappa shape index (κ3) is 4.66. The first-order valence-electron chi connectivity index (χ1n) is 8.27. The second-order valence-corrected chi connectivity index (χ2v) is 6.09. The molecule has 0 atom stereocenters. The Kier molecular flexibility index (Phi) is 7.26. The van der Waals surface area contributed by atoms with Gasteiger partial charge in [-0.3, -0.25) is 13.9 Å². The van der Waals surface area contributed by atoms with E-state index in [9.17, 15) is 9.59 Å². The molecule has 0 aliphatic carbocycles. The largest absolute Gasteiger partial charge is 0.378 e. The molecular formula is C17H24ClN5O3. The van der Waals surface area contributed by atoms with Crippen molar-refractivity contribution >= 4 is 23.1 Å². The van der Waals surface area contributed by atoms with Crippen LogP contribution in [0, 0.1) is 0 Å². The molecule has 142 valence electrons. The quantitative estimate of drug-likeness (QED) is 0.556. The van der Waals surface area contributed by atoms with Crippen molar-refractivity contribution in [1.82, 2.24) is 9.13 Å². The Morgan fingerprint density at radius 1 is 1.19 bits per heavy atom. The Hall–Kier alpha value is -2.29. The van der Waals surface area contributed by atoms with Crippen LogP contribution in [0.1, 0.15) is 5.56 Å². The number of ether oxygens (including phenoxy) is 1. The summed E-state index contributed by atoms with van der Waals surface area (Å²) in [5.41, 5.74) is 5.85. The fraction of sp³-hybridized carbons (Fsp3) is 0.412. The standard InChI is InChI=1S/C17H24ClN5O3/c1-20-15-14(21-11-12-3-5-13(18)6-4-12)16(24)23(17(25)22(15)2)8-10-26-9-7-19/h3-6,20-21H,7-11,19H2,1-2H3. The molecule has 9 heteroatoms. The maximum absolute atomic E-state index is 12.8. The number of halogens is 1. The van der Waals surface area contributed by atoms with Gasteiger partial charge >= 0.3 is 5.69 Å². The molecule has 2 aromatic rings. The predicted molar refractivity (Wildman–Crippen MR) is 104 cm³/mol. The van der Waals surface area contributed by atoms with Crippen LogP contribution in [0.3, 0.4) is 0 Å². The minimum atomic E-state index is -0.409. The first-order valence-corrected chi connectivity index (χ1v) is 8.65. The number of nitrogens with one attached hydrogen (secondary N) is 2. The number of aromatic nitrogens is 2. The summed E-state index contributed by atoms with van der Waals surface area (Å²) in [4.78, 5) is 25.3. The van der Waals surface area contributed by atoms with Gasteiger partial charge in [-0.05, 0) is 17.7 Å². The van der Waals surface area contributed by atoms with Gasteiger partial charge in [0.15, 0.2) is 0 Å². The molecule has 0 radical (unpaired) electrons. The second-order valence-electron chi connectivity index (χ2n) is 5.65. The van der Waals surface area contributed by atoms with Crippen molar-refractivity contribution in [1.29, 1.82) is 0 Å². The number of hydrogen-bond donors (Lipinski definition) is 3. The normalized spacial score (nSPS) is 10.8. The molecule has 0 amide bonds. The van der Waals surface area contributed by atoms with E-state index in [2.05, 4.69) is 10.6 Å². The zero-order chi connectivity index (χ0) is 19.1. The van der Waals surface area contributed by atoms with Crippen LogP contribution in [0.2, 0.25) is 5.02 Å². The van der Waals surface area contributed by atoms with Gasteiger partial charge in [-0.15, -0.1) is 0 Å². The Balaban J connectivity index is 2.30.